The van der Waals surface area contributed by atoms with Crippen molar-refractivity contribution in [2.24, 2.45) is 5.10 Å². The molecule has 0 atom stereocenters. The molecule has 3 aromatic rings. The zero-order valence-electron chi connectivity index (χ0n) is 16.6. The Morgan fingerprint density at radius 1 is 0.968 bits per heavy atom. The number of para-hydroxylation sites is 2. The Morgan fingerprint density at radius 3 is 2.35 bits per heavy atom. The third kappa shape index (κ3) is 6.32. The molecule has 0 heterocycles. The number of carbonyl (C=O) groups excluding carboxylic acids is 2. The van der Waals surface area contributed by atoms with Crippen LogP contribution in [0.25, 0.3) is 0 Å². The molecule has 0 aliphatic carbocycles. The number of halogens is 1. The van der Waals surface area contributed by atoms with Gasteiger partial charge in [0.1, 0.15) is 5.75 Å². The van der Waals surface area contributed by atoms with Gasteiger partial charge in [-0.3, -0.25) is 4.79 Å². The number of nitrogens with zero attached hydrogens (tertiary/aromatic N) is 1. The first-order chi connectivity index (χ1) is 15.1. The molecular formula is C23H19ClN2O5. The first-order valence-corrected chi connectivity index (χ1v) is 9.59. The van der Waals surface area contributed by atoms with E-state index in [9.17, 15) is 9.59 Å². The van der Waals surface area contributed by atoms with E-state index in [-0.39, 0.29) is 12.2 Å². The Morgan fingerprint density at radius 2 is 1.65 bits per heavy atom. The van der Waals surface area contributed by atoms with Crippen LogP contribution in [0.2, 0.25) is 5.02 Å². The number of benzene rings is 3. The summed E-state index contributed by atoms with van der Waals surface area (Å²) in [5.41, 5.74) is 3.36. The summed E-state index contributed by atoms with van der Waals surface area (Å²) in [6.45, 7) is -0.214. The minimum atomic E-state index is -0.547. The fourth-order valence-electron chi connectivity index (χ4n) is 2.50. The number of methoxy groups -OCH3 is 1. The molecule has 1 N–H and O–H groups in total. The maximum Gasteiger partial charge on any atom is 0.345 e. The first kappa shape index (κ1) is 21.9. The van der Waals surface area contributed by atoms with E-state index in [1.54, 1.807) is 72.8 Å². The van der Waals surface area contributed by atoms with Crippen molar-refractivity contribution in [3.8, 4) is 17.2 Å². The summed E-state index contributed by atoms with van der Waals surface area (Å²) in [4.78, 5) is 24.1. The lowest BCUT2D eigenvalue weighted by Crippen LogP contribution is -2.24. The van der Waals surface area contributed by atoms with Gasteiger partial charge in [0.25, 0.3) is 5.91 Å². The molecule has 0 saturated heterocycles. The monoisotopic (exact) mass is 438 g/mol. The SMILES string of the molecule is COc1ccccc1OCC(=O)NN=Cc1ccc(OC(=O)c2ccccc2Cl)cc1. The highest BCUT2D eigenvalue weighted by Gasteiger charge is 2.12. The predicted octanol–water partition coefficient (Wildman–Crippen LogP) is 4.10. The molecule has 158 valence electrons. The molecule has 0 fully saturated rings. The van der Waals surface area contributed by atoms with Gasteiger partial charge in [0.15, 0.2) is 18.1 Å². The van der Waals surface area contributed by atoms with Crippen LogP contribution in [-0.2, 0) is 4.79 Å². The van der Waals surface area contributed by atoms with Crippen LogP contribution in [0.15, 0.2) is 77.9 Å². The van der Waals surface area contributed by atoms with E-state index in [0.717, 1.165) is 0 Å². The van der Waals surface area contributed by atoms with Gasteiger partial charge in [-0.05, 0) is 54.1 Å². The van der Waals surface area contributed by atoms with E-state index < -0.39 is 11.9 Å². The Hall–Kier alpha value is -3.84. The van der Waals surface area contributed by atoms with Crippen molar-refractivity contribution in [3.63, 3.8) is 0 Å². The van der Waals surface area contributed by atoms with Crippen molar-refractivity contribution in [2.75, 3.05) is 13.7 Å². The highest BCUT2D eigenvalue weighted by atomic mass is 35.5. The van der Waals surface area contributed by atoms with Crippen molar-refractivity contribution in [1.82, 2.24) is 5.43 Å². The van der Waals surface area contributed by atoms with Gasteiger partial charge in [-0.1, -0.05) is 35.9 Å². The molecule has 0 saturated carbocycles. The molecule has 3 aromatic carbocycles. The number of amides is 1. The second kappa shape index (κ2) is 10.8. The van der Waals surface area contributed by atoms with Crippen LogP contribution < -0.4 is 19.6 Å². The lowest BCUT2D eigenvalue weighted by atomic mass is 10.2. The molecule has 0 bridgehead atoms. The first-order valence-electron chi connectivity index (χ1n) is 9.21. The average molecular weight is 439 g/mol. The number of hydrogen-bond acceptors (Lipinski definition) is 6. The quantitative estimate of drug-likeness (QED) is 0.248. The van der Waals surface area contributed by atoms with Crippen molar-refractivity contribution in [3.05, 3.63) is 88.9 Å². The summed E-state index contributed by atoms with van der Waals surface area (Å²) in [6, 6.07) is 20.3. The van der Waals surface area contributed by atoms with Crippen molar-refractivity contribution in [2.45, 2.75) is 0 Å². The van der Waals surface area contributed by atoms with Gasteiger partial charge in [0, 0.05) is 0 Å². The molecule has 0 spiro atoms. The van der Waals surface area contributed by atoms with Gasteiger partial charge >= 0.3 is 5.97 Å². The largest absolute Gasteiger partial charge is 0.493 e. The summed E-state index contributed by atoms with van der Waals surface area (Å²) >= 11 is 6.00. The normalized spacial score (nSPS) is 10.5. The highest BCUT2D eigenvalue weighted by molar-refractivity contribution is 6.33. The highest BCUT2D eigenvalue weighted by Crippen LogP contribution is 2.25. The standard InChI is InChI=1S/C23H19ClN2O5/c1-29-20-8-4-5-9-21(20)30-15-22(27)26-25-14-16-10-12-17(13-11-16)31-23(28)18-6-2-3-7-19(18)24/h2-14H,15H2,1H3,(H,26,27). The average Bonchev–Trinajstić information content (AvgIpc) is 2.79. The van der Waals surface area contributed by atoms with Crippen molar-refractivity contribution < 1.29 is 23.8 Å². The van der Waals surface area contributed by atoms with Crippen molar-refractivity contribution >= 4 is 29.7 Å². The van der Waals surface area contributed by atoms with Crippen LogP contribution in [-0.4, -0.2) is 31.8 Å². The molecule has 0 aliphatic heterocycles. The molecule has 0 unspecified atom stereocenters. The number of ether oxygens (including phenoxy) is 3. The van der Waals surface area contributed by atoms with E-state index in [2.05, 4.69) is 10.5 Å². The molecular weight excluding hydrogens is 420 g/mol. The fourth-order valence-corrected chi connectivity index (χ4v) is 2.72. The topological polar surface area (TPSA) is 86.2 Å². The van der Waals surface area contributed by atoms with Crippen LogP contribution >= 0.6 is 11.6 Å². The third-order valence-corrected chi connectivity index (χ3v) is 4.34. The van der Waals surface area contributed by atoms with E-state index in [1.807, 2.05) is 0 Å². The van der Waals surface area contributed by atoms with Gasteiger partial charge in [-0.15, -0.1) is 0 Å². The lowest BCUT2D eigenvalue weighted by Gasteiger charge is -2.09. The molecule has 3 rings (SSSR count). The van der Waals surface area contributed by atoms with Gasteiger partial charge in [0.05, 0.1) is 23.9 Å². The number of esters is 1. The summed E-state index contributed by atoms with van der Waals surface area (Å²) in [5, 5.41) is 4.21. The van der Waals surface area contributed by atoms with E-state index >= 15 is 0 Å². The molecule has 0 aliphatic rings. The Kier molecular flexibility index (Phi) is 7.61. The van der Waals surface area contributed by atoms with Crippen LogP contribution in [0.1, 0.15) is 15.9 Å². The third-order valence-electron chi connectivity index (χ3n) is 4.02. The van der Waals surface area contributed by atoms with Gasteiger partial charge < -0.3 is 14.2 Å². The maximum atomic E-state index is 12.2. The summed E-state index contributed by atoms with van der Waals surface area (Å²) in [5.74, 6) is 0.387. The number of carbonyl (C=O) groups is 2. The molecule has 0 aromatic heterocycles. The zero-order valence-corrected chi connectivity index (χ0v) is 17.3. The van der Waals surface area contributed by atoms with Crippen LogP contribution in [0.3, 0.4) is 0 Å². The van der Waals surface area contributed by atoms with E-state index in [0.29, 0.717) is 27.8 Å². The minimum Gasteiger partial charge on any atom is -0.493 e. The molecule has 0 radical (unpaired) electrons. The van der Waals surface area contributed by atoms with Crippen LogP contribution in [0, 0.1) is 0 Å². The number of rotatable bonds is 8. The molecule has 1 amide bonds. The van der Waals surface area contributed by atoms with Gasteiger partial charge in [0.2, 0.25) is 0 Å². The number of hydrogen-bond donors (Lipinski definition) is 1. The smallest absolute Gasteiger partial charge is 0.345 e. The Bertz CT molecular complexity index is 1080. The minimum absolute atomic E-state index is 0.214. The number of hydrazone groups is 1. The summed E-state index contributed by atoms with van der Waals surface area (Å²) in [7, 11) is 1.52. The van der Waals surface area contributed by atoms with Crippen molar-refractivity contribution in [1.29, 1.82) is 0 Å². The van der Waals surface area contributed by atoms with Gasteiger partial charge in [-0.2, -0.15) is 5.10 Å². The second-order valence-electron chi connectivity index (χ2n) is 6.17. The fraction of sp³-hybridized carbons (Fsp3) is 0.0870. The summed E-state index contributed by atoms with van der Waals surface area (Å²) < 4.78 is 15.9. The molecule has 8 heteroatoms. The predicted molar refractivity (Wildman–Crippen MR) is 117 cm³/mol. The van der Waals surface area contributed by atoms with E-state index in [4.69, 9.17) is 25.8 Å². The maximum absolute atomic E-state index is 12.2. The van der Waals surface area contributed by atoms with Gasteiger partial charge in [-0.25, -0.2) is 10.2 Å². The lowest BCUT2D eigenvalue weighted by molar-refractivity contribution is -0.123. The van der Waals surface area contributed by atoms with Crippen LogP contribution in [0.4, 0.5) is 0 Å². The molecule has 7 nitrogen and oxygen atoms in total. The summed E-state index contributed by atoms with van der Waals surface area (Å²) in [6.07, 6.45) is 1.46. The molecule has 31 heavy (non-hydrogen) atoms. The Labute approximate surface area is 184 Å². The zero-order chi connectivity index (χ0) is 22.1. The van der Waals surface area contributed by atoms with Crippen LogP contribution in [0.5, 0.6) is 17.2 Å². The number of nitrogens with one attached hydrogen (secondary N) is 1. The van der Waals surface area contributed by atoms with E-state index in [1.165, 1.54) is 13.3 Å². The second-order valence-corrected chi connectivity index (χ2v) is 6.58. The Balaban J connectivity index is 1.48.